The lowest BCUT2D eigenvalue weighted by atomic mass is 10.1. The van der Waals surface area contributed by atoms with Gasteiger partial charge in [0, 0.05) is 19.5 Å². The Morgan fingerprint density at radius 3 is 2.07 bits per heavy atom. The summed E-state index contributed by atoms with van der Waals surface area (Å²) in [5.41, 5.74) is 0.794. The lowest BCUT2D eigenvalue weighted by Gasteiger charge is -2.08. The van der Waals surface area contributed by atoms with Gasteiger partial charge < -0.3 is 5.32 Å². The Balaban J connectivity index is 1.72. The zero-order valence-electron chi connectivity index (χ0n) is 14.5. The predicted octanol–water partition coefficient (Wildman–Crippen LogP) is 0.361. The van der Waals surface area contributed by atoms with Crippen LogP contribution >= 0.6 is 0 Å². The summed E-state index contributed by atoms with van der Waals surface area (Å²) >= 11 is 0. The molecule has 0 bridgehead atoms. The van der Waals surface area contributed by atoms with Crippen LogP contribution in [0.15, 0.2) is 64.4 Å². The molecule has 0 spiro atoms. The van der Waals surface area contributed by atoms with E-state index in [1.54, 1.807) is 30.3 Å². The molecule has 0 saturated carbocycles. The first-order valence-electron chi connectivity index (χ1n) is 8.12. The van der Waals surface area contributed by atoms with Crippen LogP contribution in [0.25, 0.3) is 0 Å². The number of aryl methyl sites for hydroxylation is 1. The second-order valence-electron chi connectivity index (χ2n) is 5.75. The minimum atomic E-state index is -3.73. The molecule has 4 N–H and O–H groups in total. The van der Waals surface area contributed by atoms with Crippen LogP contribution in [0, 0.1) is 0 Å². The number of benzene rings is 2. The van der Waals surface area contributed by atoms with Crippen molar-refractivity contribution >= 4 is 26.0 Å². The Morgan fingerprint density at radius 2 is 1.48 bits per heavy atom. The van der Waals surface area contributed by atoms with E-state index in [4.69, 9.17) is 5.14 Å². The van der Waals surface area contributed by atoms with Crippen molar-refractivity contribution in [1.29, 1.82) is 0 Å². The molecule has 0 aliphatic heterocycles. The lowest BCUT2D eigenvalue weighted by Crippen LogP contribution is -2.34. The first-order valence-corrected chi connectivity index (χ1v) is 11.1. The van der Waals surface area contributed by atoms with Gasteiger partial charge in [-0.25, -0.2) is 26.7 Å². The molecular weight excluding hydrogens is 390 g/mol. The van der Waals surface area contributed by atoms with E-state index in [1.807, 2.05) is 0 Å². The van der Waals surface area contributed by atoms with E-state index in [9.17, 15) is 21.6 Å². The quantitative estimate of drug-likeness (QED) is 0.512. The molecule has 0 fully saturated rings. The number of hydrogen-bond donors (Lipinski definition) is 3. The van der Waals surface area contributed by atoms with Gasteiger partial charge >= 0.3 is 0 Å². The van der Waals surface area contributed by atoms with Crippen LogP contribution in [0.5, 0.6) is 0 Å². The van der Waals surface area contributed by atoms with Gasteiger partial charge in [0.05, 0.1) is 9.79 Å². The normalized spacial score (nSPS) is 11.9. The van der Waals surface area contributed by atoms with Crippen LogP contribution < -0.4 is 15.2 Å². The number of hydrogen-bond acceptors (Lipinski definition) is 5. The number of carbonyl (C=O) groups is 1. The molecule has 146 valence electrons. The fraction of sp³-hybridized carbons (Fsp3) is 0.235. The van der Waals surface area contributed by atoms with Crippen molar-refractivity contribution in [3.05, 3.63) is 60.2 Å². The second-order valence-corrected chi connectivity index (χ2v) is 9.08. The first-order chi connectivity index (χ1) is 12.7. The zero-order valence-corrected chi connectivity index (χ0v) is 16.1. The largest absolute Gasteiger partial charge is 0.355 e. The maximum absolute atomic E-state index is 12.0. The molecule has 2 aromatic rings. The number of carbonyl (C=O) groups excluding carboxylic acids is 1. The van der Waals surface area contributed by atoms with Crippen LogP contribution in [0.3, 0.4) is 0 Å². The third kappa shape index (κ3) is 6.75. The summed E-state index contributed by atoms with van der Waals surface area (Å²) in [4.78, 5) is 12.0. The van der Waals surface area contributed by atoms with E-state index in [0.29, 0.717) is 6.42 Å². The fourth-order valence-corrected chi connectivity index (χ4v) is 3.83. The molecule has 0 unspecified atom stereocenters. The summed E-state index contributed by atoms with van der Waals surface area (Å²) in [5.74, 6) is -0.232. The van der Waals surface area contributed by atoms with E-state index in [-0.39, 0.29) is 35.2 Å². The van der Waals surface area contributed by atoms with E-state index in [1.165, 1.54) is 24.3 Å². The van der Waals surface area contributed by atoms with Gasteiger partial charge in [-0.2, -0.15) is 0 Å². The highest BCUT2D eigenvalue weighted by Crippen LogP contribution is 2.10. The molecule has 0 heterocycles. The number of primary sulfonamides is 1. The van der Waals surface area contributed by atoms with Crippen molar-refractivity contribution in [1.82, 2.24) is 10.0 Å². The standard InChI is InChI=1S/C17H21N3O5S2/c18-26(22,23)15-9-6-14(7-10-15)8-11-17(21)19-12-13-20-27(24,25)16-4-2-1-3-5-16/h1-7,9-10,20H,8,11-13H2,(H,19,21)(H2,18,22,23). The number of rotatable bonds is 9. The monoisotopic (exact) mass is 411 g/mol. The van der Waals surface area contributed by atoms with Crippen LogP contribution in [-0.4, -0.2) is 35.8 Å². The van der Waals surface area contributed by atoms with Gasteiger partial charge in [0.1, 0.15) is 0 Å². The summed E-state index contributed by atoms with van der Waals surface area (Å²) in [6.45, 7) is 0.237. The molecule has 1 amide bonds. The highest BCUT2D eigenvalue weighted by molar-refractivity contribution is 7.89. The van der Waals surface area contributed by atoms with Crippen molar-refractivity contribution in [2.75, 3.05) is 13.1 Å². The highest BCUT2D eigenvalue weighted by atomic mass is 32.2. The zero-order chi connectivity index (χ0) is 19.9. The van der Waals surface area contributed by atoms with Gasteiger partial charge in [-0.1, -0.05) is 30.3 Å². The van der Waals surface area contributed by atoms with Gasteiger partial charge in [0.15, 0.2) is 0 Å². The molecule has 0 aliphatic rings. The van der Waals surface area contributed by atoms with Gasteiger partial charge in [-0.3, -0.25) is 4.79 Å². The summed E-state index contributed by atoms with van der Waals surface area (Å²) in [7, 11) is -7.32. The fourth-order valence-electron chi connectivity index (χ4n) is 2.26. The molecule has 0 atom stereocenters. The van der Waals surface area contributed by atoms with E-state index < -0.39 is 20.0 Å². The summed E-state index contributed by atoms with van der Waals surface area (Å²) in [6, 6.07) is 13.9. The van der Waals surface area contributed by atoms with Crippen molar-refractivity contribution in [3.63, 3.8) is 0 Å². The van der Waals surface area contributed by atoms with Crippen LogP contribution in [0.1, 0.15) is 12.0 Å². The topological polar surface area (TPSA) is 135 Å². The molecule has 0 radical (unpaired) electrons. The molecular formula is C17H21N3O5S2. The van der Waals surface area contributed by atoms with Crippen molar-refractivity contribution < 1.29 is 21.6 Å². The smallest absolute Gasteiger partial charge is 0.240 e. The molecule has 8 nitrogen and oxygen atoms in total. The number of amides is 1. The van der Waals surface area contributed by atoms with Gasteiger partial charge in [0.2, 0.25) is 26.0 Å². The van der Waals surface area contributed by atoms with E-state index in [2.05, 4.69) is 10.0 Å². The van der Waals surface area contributed by atoms with Gasteiger partial charge in [0.25, 0.3) is 0 Å². The molecule has 10 heteroatoms. The molecule has 0 saturated heterocycles. The van der Waals surface area contributed by atoms with Crippen molar-refractivity contribution in [2.24, 2.45) is 5.14 Å². The third-order valence-electron chi connectivity index (χ3n) is 3.69. The van der Waals surface area contributed by atoms with Gasteiger partial charge in [-0.15, -0.1) is 0 Å². The number of nitrogens with one attached hydrogen (secondary N) is 2. The minimum absolute atomic E-state index is 0.0152. The molecule has 27 heavy (non-hydrogen) atoms. The summed E-state index contributed by atoms with van der Waals surface area (Å²) in [6.07, 6.45) is 0.618. The maximum atomic E-state index is 12.0. The molecule has 2 rings (SSSR count). The van der Waals surface area contributed by atoms with Crippen LogP contribution in [-0.2, 0) is 31.3 Å². The predicted molar refractivity (Wildman–Crippen MR) is 101 cm³/mol. The Morgan fingerprint density at radius 1 is 0.852 bits per heavy atom. The lowest BCUT2D eigenvalue weighted by molar-refractivity contribution is -0.121. The van der Waals surface area contributed by atoms with Crippen molar-refractivity contribution in [3.8, 4) is 0 Å². The third-order valence-corrected chi connectivity index (χ3v) is 6.09. The Bertz CT molecular complexity index is 973. The van der Waals surface area contributed by atoms with Crippen molar-refractivity contribution in [2.45, 2.75) is 22.6 Å². The average molecular weight is 412 g/mol. The molecule has 0 aromatic heterocycles. The molecule has 0 aliphatic carbocycles. The number of sulfonamides is 2. The Kier molecular flexibility index (Phi) is 7.08. The first kappa shape index (κ1) is 21.0. The average Bonchev–Trinajstić information content (AvgIpc) is 2.64. The Labute approximate surface area is 158 Å². The summed E-state index contributed by atoms with van der Waals surface area (Å²) in [5, 5.41) is 7.65. The molecule has 2 aromatic carbocycles. The van der Waals surface area contributed by atoms with Crippen LogP contribution in [0.2, 0.25) is 0 Å². The Hall–Kier alpha value is -2.27. The minimum Gasteiger partial charge on any atom is -0.355 e. The SMILES string of the molecule is NS(=O)(=O)c1ccc(CCC(=O)NCCNS(=O)(=O)c2ccccc2)cc1. The van der Waals surface area contributed by atoms with E-state index >= 15 is 0 Å². The summed E-state index contributed by atoms with van der Waals surface area (Å²) < 4.78 is 48.8. The van der Waals surface area contributed by atoms with Crippen LogP contribution in [0.4, 0.5) is 0 Å². The maximum Gasteiger partial charge on any atom is 0.240 e. The number of nitrogens with two attached hydrogens (primary N) is 1. The highest BCUT2D eigenvalue weighted by Gasteiger charge is 2.12. The van der Waals surface area contributed by atoms with Gasteiger partial charge in [-0.05, 0) is 36.2 Å². The second kappa shape index (κ2) is 9.09. The van der Waals surface area contributed by atoms with E-state index in [0.717, 1.165) is 5.56 Å².